The minimum absolute atomic E-state index is 0.165. The van der Waals surface area contributed by atoms with E-state index in [1.165, 1.54) is 10.9 Å². The molecule has 9 nitrogen and oxygen atoms in total. The van der Waals surface area contributed by atoms with Crippen molar-refractivity contribution in [1.82, 2.24) is 24.9 Å². The van der Waals surface area contributed by atoms with E-state index in [9.17, 15) is 14.9 Å². The van der Waals surface area contributed by atoms with Gasteiger partial charge in [0.1, 0.15) is 14.6 Å². The molecule has 136 valence electrons. The zero-order valence-electron chi connectivity index (χ0n) is 13.2. The zero-order chi connectivity index (χ0) is 18.6. The molecule has 0 spiro atoms. The molecule has 2 heterocycles. The summed E-state index contributed by atoms with van der Waals surface area (Å²) in [6, 6.07) is 0. The van der Waals surface area contributed by atoms with Crippen molar-refractivity contribution in [1.29, 1.82) is 0 Å². The van der Waals surface area contributed by atoms with Gasteiger partial charge in [-0.3, -0.25) is 9.48 Å². The number of nitrogens with one attached hydrogen (secondary N) is 1. The third-order valence-corrected chi connectivity index (χ3v) is 4.80. The Morgan fingerprint density at radius 1 is 1.40 bits per heavy atom. The van der Waals surface area contributed by atoms with E-state index in [1.54, 1.807) is 11.6 Å². The number of rotatable bonds is 8. The average molecular weight is 454 g/mol. The van der Waals surface area contributed by atoms with Crippen LogP contribution in [0.1, 0.15) is 18.5 Å². The van der Waals surface area contributed by atoms with Crippen molar-refractivity contribution >= 4 is 50.9 Å². The Bertz CT molecular complexity index is 791. The van der Waals surface area contributed by atoms with Gasteiger partial charge in [0, 0.05) is 19.5 Å². The number of carbonyl (C=O) groups excluding carboxylic acids is 1. The van der Waals surface area contributed by atoms with Crippen LogP contribution in [0.5, 0.6) is 0 Å². The second-order valence-electron chi connectivity index (χ2n) is 5.19. The summed E-state index contributed by atoms with van der Waals surface area (Å²) in [5, 5.41) is 22.3. The van der Waals surface area contributed by atoms with Gasteiger partial charge in [0.2, 0.25) is 5.91 Å². The van der Waals surface area contributed by atoms with Gasteiger partial charge in [-0.05, 0) is 34.2 Å². The number of hydrogen-bond donors (Lipinski definition) is 1. The summed E-state index contributed by atoms with van der Waals surface area (Å²) in [6.45, 7) is 3.00. The first-order chi connectivity index (χ1) is 11.8. The number of carbonyl (C=O) groups is 1. The largest absolute Gasteiger partial charge is 0.404 e. The highest BCUT2D eigenvalue weighted by Gasteiger charge is 2.18. The Kier molecular flexibility index (Phi) is 6.79. The normalized spacial score (nSPS) is 10.9. The van der Waals surface area contributed by atoms with Gasteiger partial charge in [-0.2, -0.15) is 9.78 Å². The summed E-state index contributed by atoms with van der Waals surface area (Å²) in [7, 11) is 0. The summed E-state index contributed by atoms with van der Waals surface area (Å²) in [5.74, 6) is -0.444. The van der Waals surface area contributed by atoms with Gasteiger partial charge in [-0.1, -0.05) is 23.2 Å². The van der Waals surface area contributed by atoms with E-state index >= 15 is 0 Å². The van der Waals surface area contributed by atoms with Gasteiger partial charge in [0.05, 0.1) is 23.5 Å². The van der Waals surface area contributed by atoms with Crippen LogP contribution in [0.4, 0.5) is 5.82 Å². The van der Waals surface area contributed by atoms with Crippen molar-refractivity contribution < 1.29 is 9.72 Å². The number of amides is 1. The van der Waals surface area contributed by atoms with Crippen LogP contribution in [0.15, 0.2) is 10.7 Å². The Hall–Kier alpha value is -1.65. The molecule has 0 aromatic carbocycles. The second kappa shape index (κ2) is 8.63. The minimum atomic E-state index is -0.588. The van der Waals surface area contributed by atoms with Crippen molar-refractivity contribution in [3.8, 4) is 0 Å². The predicted molar refractivity (Wildman–Crippen MR) is 95.8 cm³/mol. The number of nitrogens with zero attached hydrogens (tertiary/aromatic N) is 5. The second-order valence-corrected chi connectivity index (χ2v) is 6.78. The Labute approximate surface area is 161 Å². The standard InChI is InChI=1S/C13H15BrCl2N6O3/c1-8-11(15)12(16)21(18-8)5-2-4-17-10(23)3-6-20-7-9(14)13(19-20)22(24)25/h7H,2-6H2,1H3,(H,17,23). The first-order valence-electron chi connectivity index (χ1n) is 7.32. The van der Waals surface area contributed by atoms with Crippen LogP contribution >= 0.6 is 39.1 Å². The van der Waals surface area contributed by atoms with Crippen LogP contribution < -0.4 is 5.32 Å². The Morgan fingerprint density at radius 3 is 2.68 bits per heavy atom. The third-order valence-electron chi connectivity index (χ3n) is 3.31. The first kappa shape index (κ1) is 19.7. The van der Waals surface area contributed by atoms with Crippen LogP contribution in [-0.4, -0.2) is 36.9 Å². The molecule has 0 bridgehead atoms. The molecule has 0 radical (unpaired) electrons. The van der Waals surface area contributed by atoms with Crippen LogP contribution in [-0.2, 0) is 17.9 Å². The lowest BCUT2D eigenvalue weighted by molar-refractivity contribution is -0.390. The fourth-order valence-electron chi connectivity index (χ4n) is 2.07. The Morgan fingerprint density at radius 2 is 2.12 bits per heavy atom. The number of aromatic nitrogens is 4. The van der Waals surface area contributed by atoms with Crippen molar-refractivity contribution in [2.75, 3.05) is 6.54 Å². The molecular weight excluding hydrogens is 439 g/mol. The van der Waals surface area contributed by atoms with E-state index in [4.69, 9.17) is 23.2 Å². The van der Waals surface area contributed by atoms with E-state index in [2.05, 4.69) is 31.4 Å². The van der Waals surface area contributed by atoms with Crippen molar-refractivity contribution in [3.05, 3.63) is 36.7 Å². The molecule has 0 aliphatic carbocycles. The molecule has 12 heteroatoms. The van der Waals surface area contributed by atoms with Crippen molar-refractivity contribution in [2.24, 2.45) is 0 Å². The zero-order valence-corrected chi connectivity index (χ0v) is 16.3. The molecule has 0 atom stereocenters. The van der Waals surface area contributed by atoms with Gasteiger partial charge in [0.25, 0.3) is 0 Å². The van der Waals surface area contributed by atoms with Gasteiger partial charge in [-0.15, -0.1) is 0 Å². The lowest BCUT2D eigenvalue weighted by Crippen LogP contribution is -2.26. The smallest absolute Gasteiger partial charge is 0.358 e. The summed E-state index contributed by atoms with van der Waals surface area (Å²) < 4.78 is 3.23. The monoisotopic (exact) mass is 452 g/mol. The van der Waals surface area contributed by atoms with Crippen LogP contribution in [0, 0.1) is 17.0 Å². The highest BCUT2D eigenvalue weighted by atomic mass is 79.9. The molecule has 0 aliphatic rings. The van der Waals surface area contributed by atoms with Crippen LogP contribution in [0.3, 0.4) is 0 Å². The SMILES string of the molecule is Cc1nn(CCCNC(=O)CCn2cc(Br)c([N+](=O)[O-])n2)c(Cl)c1Cl. The van der Waals surface area contributed by atoms with Crippen LogP contribution in [0.25, 0.3) is 0 Å². The fourth-order valence-corrected chi connectivity index (χ4v) is 2.92. The fraction of sp³-hybridized carbons (Fsp3) is 0.462. The van der Waals surface area contributed by atoms with E-state index in [-0.39, 0.29) is 29.2 Å². The molecule has 1 amide bonds. The molecule has 0 saturated heterocycles. The number of aryl methyl sites for hydroxylation is 3. The molecule has 2 aromatic heterocycles. The highest BCUT2D eigenvalue weighted by Crippen LogP contribution is 2.25. The highest BCUT2D eigenvalue weighted by molar-refractivity contribution is 9.10. The molecule has 0 fully saturated rings. The summed E-state index contributed by atoms with van der Waals surface area (Å²) >= 11 is 15.0. The van der Waals surface area contributed by atoms with E-state index in [0.29, 0.717) is 35.4 Å². The first-order valence-corrected chi connectivity index (χ1v) is 8.87. The molecule has 0 aliphatic heterocycles. The molecule has 2 rings (SSSR count). The predicted octanol–water partition coefficient (Wildman–Crippen LogP) is 2.96. The summed E-state index contributed by atoms with van der Waals surface area (Å²) in [4.78, 5) is 21.9. The van der Waals surface area contributed by atoms with Crippen molar-refractivity contribution in [2.45, 2.75) is 32.9 Å². The minimum Gasteiger partial charge on any atom is -0.358 e. The summed E-state index contributed by atoms with van der Waals surface area (Å²) in [6.07, 6.45) is 2.28. The van der Waals surface area contributed by atoms with Gasteiger partial charge >= 0.3 is 5.82 Å². The number of hydrogen-bond acceptors (Lipinski definition) is 5. The molecule has 0 saturated carbocycles. The third kappa shape index (κ3) is 5.16. The topological polar surface area (TPSA) is 108 Å². The lowest BCUT2D eigenvalue weighted by Gasteiger charge is -2.05. The molecule has 1 N–H and O–H groups in total. The average Bonchev–Trinajstić information content (AvgIpc) is 3.05. The molecular formula is C13H15BrCl2N6O3. The lowest BCUT2D eigenvalue weighted by atomic mass is 10.3. The maximum atomic E-state index is 11.8. The summed E-state index contributed by atoms with van der Waals surface area (Å²) in [5.41, 5.74) is 0.662. The number of halogens is 3. The van der Waals surface area contributed by atoms with E-state index in [0.717, 1.165) is 0 Å². The van der Waals surface area contributed by atoms with Crippen molar-refractivity contribution in [3.63, 3.8) is 0 Å². The maximum absolute atomic E-state index is 11.8. The van der Waals surface area contributed by atoms with E-state index < -0.39 is 4.92 Å². The molecule has 0 unspecified atom stereocenters. The molecule has 25 heavy (non-hydrogen) atoms. The van der Waals surface area contributed by atoms with Gasteiger partial charge < -0.3 is 15.4 Å². The number of nitro groups is 1. The quantitative estimate of drug-likeness (QED) is 0.375. The Balaban J connectivity index is 1.71. The van der Waals surface area contributed by atoms with Gasteiger partial charge in [0.15, 0.2) is 0 Å². The molecule has 2 aromatic rings. The van der Waals surface area contributed by atoms with Crippen LogP contribution in [0.2, 0.25) is 10.2 Å². The van der Waals surface area contributed by atoms with E-state index in [1.807, 2.05) is 0 Å². The van der Waals surface area contributed by atoms with Gasteiger partial charge in [-0.25, -0.2) is 0 Å². The maximum Gasteiger partial charge on any atom is 0.404 e.